The van der Waals surface area contributed by atoms with E-state index in [1.807, 2.05) is 38.1 Å². The van der Waals surface area contributed by atoms with Gasteiger partial charge >= 0.3 is 5.97 Å². The van der Waals surface area contributed by atoms with Crippen molar-refractivity contribution in [1.29, 1.82) is 0 Å². The molecule has 180 valence electrons. The lowest BCUT2D eigenvalue weighted by molar-refractivity contribution is -0.142. The molecule has 0 saturated heterocycles. The van der Waals surface area contributed by atoms with Crippen molar-refractivity contribution in [3.8, 4) is 17.3 Å². The summed E-state index contributed by atoms with van der Waals surface area (Å²) in [5.74, 6) is -0.427. The van der Waals surface area contributed by atoms with E-state index in [2.05, 4.69) is 5.10 Å². The maximum Gasteiger partial charge on any atom is 0.353 e. The number of para-hydroxylation sites is 1. The number of carbonyl (C=O) groups is 1. The molecule has 0 fully saturated rings. The molecule has 35 heavy (non-hydrogen) atoms. The van der Waals surface area contributed by atoms with Crippen LogP contribution in [-0.2, 0) is 14.6 Å². The summed E-state index contributed by atoms with van der Waals surface area (Å²) in [6.45, 7) is 6.97. The molecule has 0 spiro atoms. The van der Waals surface area contributed by atoms with Crippen molar-refractivity contribution in [2.75, 3.05) is 0 Å². The van der Waals surface area contributed by atoms with Crippen LogP contribution >= 0.6 is 0 Å². The zero-order chi connectivity index (χ0) is 25.2. The monoisotopic (exact) mass is 490 g/mol. The number of aryl methyl sites for hydroxylation is 3. The molecule has 1 atom stereocenters. The summed E-state index contributed by atoms with van der Waals surface area (Å²) in [5, 5.41) is 4.48. The first-order chi connectivity index (χ1) is 16.7. The predicted molar refractivity (Wildman–Crippen MR) is 132 cm³/mol. The van der Waals surface area contributed by atoms with Crippen molar-refractivity contribution in [3.63, 3.8) is 0 Å². The predicted octanol–water partition coefficient (Wildman–Crippen LogP) is 5.00. The highest BCUT2D eigenvalue weighted by Gasteiger charge is 2.33. The van der Waals surface area contributed by atoms with Gasteiger partial charge in [0.25, 0.3) is 0 Å². The molecule has 0 aliphatic carbocycles. The number of benzene rings is 3. The number of rotatable bonds is 7. The average Bonchev–Trinajstić information content (AvgIpc) is 3.16. The van der Waals surface area contributed by atoms with Gasteiger partial charge in [0, 0.05) is 0 Å². The van der Waals surface area contributed by atoms with Crippen molar-refractivity contribution in [2.24, 2.45) is 0 Å². The zero-order valence-electron chi connectivity index (χ0n) is 19.9. The molecule has 0 aliphatic heterocycles. The van der Waals surface area contributed by atoms with E-state index in [0.29, 0.717) is 11.4 Å². The molecule has 0 N–H and O–H groups in total. The van der Waals surface area contributed by atoms with Crippen LogP contribution in [0.25, 0.3) is 5.69 Å². The van der Waals surface area contributed by atoms with Gasteiger partial charge in [0.2, 0.25) is 15.7 Å². The first-order valence-corrected chi connectivity index (χ1v) is 12.6. The lowest BCUT2D eigenvalue weighted by atomic mass is 10.1. The van der Waals surface area contributed by atoms with E-state index in [9.17, 15) is 13.2 Å². The number of carbonyl (C=O) groups excluding carboxylic acids is 1. The van der Waals surface area contributed by atoms with E-state index in [0.717, 1.165) is 11.1 Å². The summed E-state index contributed by atoms with van der Waals surface area (Å²) in [4.78, 5) is 13.0. The Kier molecular flexibility index (Phi) is 6.75. The quantitative estimate of drug-likeness (QED) is 0.339. The van der Waals surface area contributed by atoms with Crippen molar-refractivity contribution >= 4 is 15.8 Å². The number of esters is 1. The third-order valence-corrected chi connectivity index (χ3v) is 7.35. The number of ether oxygens (including phenoxy) is 2. The molecule has 4 aromatic rings. The van der Waals surface area contributed by atoms with E-state index in [1.165, 1.54) is 16.8 Å². The minimum absolute atomic E-state index is 0.0779. The second-order valence-electron chi connectivity index (χ2n) is 8.23. The van der Waals surface area contributed by atoms with Gasteiger partial charge in [0.15, 0.2) is 11.0 Å². The second-order valence-corrected chi connectivity index (χ2v) is 10.1. The van der Waals surface area contributed by atoms with Crippen LogP contribution in [0.15, 0.2) is 88.7 Å². The summed E-state index contributed by atoms with van der Waals surface area (Å²) < 4.78 is 40.1. The summed E-state index contributed by atoms with van der Waals surface area (Å²) >= 11 is 0. The number of sulfone groups is 1. The van der Waals surface area contributed by atoms with E-state index in [4.69, 9.17) is 9.47 Å². The summed E-state index contributed by atoms with van der Waals surface area (Å²) in [7, 11) is -4.04. The zero-order valence-corrected chi connectivity index (χ0v) is 20.7. The number of aromatic nitrogens is 2. The maximum absolute atomic E-state index is 13.6. The molecule has 7 nitrogen and oxygen atoms in total. The average molecular weight is 491 g/mol. The topological polar surface area (TPSA) is 87.5 Å². The highest BCUT2D eigenvalue weighted by molar-refractivity contribution is 7.91. The Morgan fingerprint density at radius 2 is 1.54 bits per heavy atom. The molecule has 0 aliphatic rings. The minimum Gasteiger partial charge on any atom is -0.479 e. The van der Waals surface area contributed by atoms with Gasteiger partial charge in [-0.05, 0) is 63.6 Å². The fourth-order valence-electron chi connectivity index (χ4n) is 3.74. The molecule has 0 amide bonds. The number of hydrogen-bond acceptors (Lipinski definition) is 6. The van der Waals surface area contributed by atoms with Crippen LogP contribution in [0.3, 0.4) is 0 Å². The first kappa shape index (κ1) is 24.2. The molecule has 8 heteroatoms. The highest BCUT2D eigenvalue weighted by Crippen LogP contribution is 2.35. The Morgan fingerprint density at radius 3 is 2.17 bits per heavy atom. The van der Waals surface area contributed by atoms with Crippen LogP contribution in [0.2, 0.25) is 0 Å². The molecule has 4 rings (SSSR count). The Balaban J connectivity index is 1.82. The fraction of sp³-hybridized carbons (Fsp3) is 0.185. The number of hydrogen-bond donors (Lipinski definition) is 0. The Bertz CT molecular complexity index is 1460. The van der Waals surface area contributed by atoms with E-state index < -0.39 is 21.9 Å². The molecule has 3 aromatic carbocycles. The molecule has 0 saturated carbocycles. The van der Waals surface area contributed by atoms with Crippen LogP contribution < -0.4 is 9.47 Å². The van der Waals surface area contributed by atoms with Crippen molar-refractivity contribution in [1.82, 2.24) is 9.78 Å². The Morgan fingerprint density at radius 1 is 0.914 bits per heavy atom. The van der Waals surface area contributed by atoms with Gasteiger partial charge in [-0.2, -0.15) is 9.78 Å². The fourth-order valence-corrected chi connectivity index (χ4v) is 5.28. The molecule has 0 bridgehead atoms. The third kappa shape index (κ3) is 4.97. The molecular formula is C27H26N2O5S. The summed E-state index contributed by atoms with van der Waals surface area (Å²) in [6.07, 6.45) is -0.993. The van der Waals surface area contributed by atoms with Gasteiger partial charge in [-0.25, -0.2) is 13.2 Å². The normalized spacial score (nSPS) is 12.2. The standard InChI is InChI=1S/C27H26N2O5S/c1-18-15-16-24(19(2)17-18)29-26(34-27(30)21(4)33-22-11-7-5-8-12-22)25(20(3)28-29)35(31,32)23-13-9-6-10-14-23/h5-17,21H,1-4H3. The van der Waals surface area contributed by atoms with E-state index >= 15 is 0 Å². The van der Waals surface area contributed by atoms with Crippen LogP contribution in [0.5, 0.6) is 11.6 Å². The lowest BCUT2D eigenvalue weighted by Crippen LogP contribution is -2.29. The van der Waals surface area contributed by atoms with Crippen LogP contribution in [0.1, 0.15) is 23.7 Å². The van der Waals surface area contributed by atoms with Gasteiger partial charge in [-0.3, -0.25) is 0 Å². The third-order valence-electron chi connectivity index (χ3n) is 5.45. The lowest BCUT2D eigenvalue weighted by Gasteiger charge is -2.16. The van der Waals surface area contributed by atoms with Gasteiger partial charge in [-0.1, -0.05) is 54.1 Å². The molecule has 1 aromatic heterocycles. The van der Waals surface area contributed by atoms with Crippen LogP contribution in [0, 0.1) is 20.8 Å². The summed E-state index contributed by atoms with van der Waals surface area (Å²) in [5.41, 5.74) is 2.71. The molecule has 1 heterocycles. The smallest absolute Gasteiger partial charge is 0.353 e. The highest BCUT2D eigenvalue weighted by atomic mass is 32.2. The van der Waals surface area contributed by atoms with Crippen molar-refractivity contribution in [2.45, 2.75) is 43.6 Å². The molecule has 1 unspecified atom stereocenters. The van der Waals surface area contributed by atoms with E-state index in [1.54, 1.807) is 56.3 Å². The van der Waals surface area contributed by atoms with Gasteiger partial charge in [0.1, 0.15) is 5.75 Å². The van der Waals surface area contributed by atoms with Crippen LogP contribution in [-0.4, -0.2) is 30.3 Å². The second kappa shape index (κ2) is 9.76. The Hall–Kier alpha value is -3.91. The Labute approximate surface area is 204 Å². The maximum atomic E-state index is 13.6. The molecule has 0 radical (unpaired) electrons. The minimum atomic E-state index is -4.04. The van der Waals surface area contributed by atoms with Gasteiger partial charge < -0.3 is 9.47 Å². The van der Waals surface area contributed by atoms with E-state index in [-0.39, 0.29) is 21.4 Å². The first-order valence-electron chi connectivity index (χ1n) is 11.1. The van der Waals surface area contributed by atoms with Crippen LogP contribution in [0.4, 0.5) is 0 Å². The molecular weight excluding hydrogens is 464 g/mol. The van der Waals surface area contributed by atoms with Crippen molar-refractivity contribution in [3.05, 3.63) is 95.7 Å². The number of nitrogens with zero attached hydrogens (tertiary/aromatic N) is 2. The SMILES string of the molecule is Cc1ccc(-n2nc(C)c(S(=O)(=O)c3ccccc3)c2OC(=O)C(C)Oc2ccccc2)c(C)c1. The van der Waals surface area contributed by atoms with Crippen molar-refractivity contribution < 1.29 is 22.7 Å². The van der Waals surface area contributed by atoms with Gasteiger partial charge in [0.05, 0.1) is 16.3 Å². The largest absolute Gasteiger partial charge is 0.479 e. The van der Waals surface area contributed by atoms with Gasteiger partial charge in [-0.15, -0.1) is 0 Å². The summed E-state index contributed by atoms with van der Waals surface area (Å²) in [6, 6.07) is 22.5.